The lowest BCUT2D eigenvalue weighted by Gasteiger charge is -2.21. The van der Waals surface area contributed by atoms with Gasteiger partial charge in [-0.3, -0.25) is 19.2 Å². The maximum Gasteiger partial charge on any atom is 0.257 e. The van der Waals surface area contributed by atoms with Crippen LogP contribution in [0.1, 0.15) is 16.8 Å². The van der Waals surface area contributed by atoms with Gasteiger partial charge in [0.05, 0.1) is 23.7 Å². The van der Waals surface area contributed by atoms with E-state index in [4.69, 9.17) is 18.0 Å². The minimum atomic E-state index is -0.101. The molecule has 3 rings (SSSR count). The number of aromatic nitrogens is 2. The zero-order valence-corrected chi connectivity index (χ0v) is 17.2. The molecule has 0 spiro atoms. The molecule has 1 saturated heterocycles. The molecule has 1 aromatic carbocycles. The molecule has 8 heteroatoms. The van der Waals surface area contributed by atoms with Gasteiger partial charge in [-0.1, -0.05) is 35.7 Å². The van der Waals surface area contributed by atoms with Crippen LogP contribution in [0.5, 0.6) is 0 Å². The van der Waals surface area contributed by atoms with Crippen LogP contribution in [0, 0.1) is 12.3 Å². The van der Waals surface area contributed by atoms with Crippen molar-refractivity contribution >= 4 is 23.4 Å². The Labute approximate surface area is 175 Å². The lowest BCUT2D eigenvalue weighted by Crippen LogP contribution is -2.40. The summed E-state index contributed by atoms with van der Waals surface area (Å²) in [5.41, 5.74) is 1.85. The van der Waals surface area contributed by atoms with Gasteiger partial charge >= 0.3 is 0 Å². The quantitative estimate of drug-likeness (QED) is 0.756. The molecule has 29 heavy (non-hydrogen) atoms. The third kappa shape index (κ3) is 5.17. The zero-order valence-electron chi connectivity index (χ0n) is 16.4. The molecule has 2 amide bonds. The minimum absolute atomic E-state index is 0.0772. The van der Waals surface area contributed by atoms with Crippen LogP contribution in [0.2, 0.25) is 5.02 Å². The Morgan fingerprint density at radius 3 is 2.79 bits per heavy atom. The minimum Gasteiger partial charge on any atom is -0.344 e. The van der Waals surface area contributed by atoms with Crippen molar-refractivity contribution in [3.8, 4) is 23.6 Å². The Morgan fingerprint density at radius 1 is 1.24 bits per heavy atom. The lowest BCUT2D eigenvalue weighted by atomic mass is 10.1. The van der Waals surface area contributed by atoms with Gasteiger partial charge in [-0.05, 0) is 12.5 Å². The van der Waals surface area contributed by atoms with Gasteiger partial charge in [0.15, 0.2) is 0 Å². The van der Waals surface area contributed by atoms with E-state index in [-0.39, 0.29) is 24.9 Å². The zero-order chi connectivity index (χ0) is 20.8. The van der Waals surface area contributed by atoms with Crippen LogP contribution in [-0.2, 0) is 11.8 Å². The van der Waals surface area contributed by atoms with E-state index in [1.54, 1.807) is 24.0 Å². The lowest BCUT2D eigenvalue weighted by molar-refractivity contribution is -0.121. The van der Waals surface area contributed by atoms with E-state index in [2.05, 4.69) is 16.3 Å². The summed E-state index contributed by atoms with van der Waals surface area (Å²) in [6.45, 7) is 3.04. The van der Waals surface area contributed by atoms with E-state index in [0.29, 0.717) is 35.9 Å². The van der Waals surface area contributed by atoms with E-state index in [1.807, 2.05) is 28.0 Å². The van der Waals surface area contributed by atoms with Crippen molar-refractivity contribution in [2.75, 3.05) is 39.3 Å². The SMILES string of the molecule is C#CCNC(=O)CN1CCCN(C(=O)c2cn(C)nc2-c2ccccc2Cl)CC1. The highest BCUT2D eigenvalue weighted by Gasteiger charge is 2.26. The van der Waals surface area contributed by atoms with E-state index in [9.17, 15) is 9.59 Å². The smallest absolute Gasteiger partial charge is 0.257 e. The highest BCUT2D eigenvalue weighted by atomic mass is 35.5. The number of carbonyl (C=O) groups is 2. The largest absolute Gasteiger partial charge is 0.344 e. The fourth-order valence-corrected chi connectivity index (χ4v) is 3.63. The Bertz CT molecular complexity index is 933. The summed E-state index contributed by atoms with van der Waals surface area (Å²) < 4.78 is 1.63. The molecule has 0 aliphatic carbocycles. The first-order valence-corrected chi connectivity index (χ1v) is 9.87. The van der Waals surface area contributed by atoms with Crippen LogP contribution >= 0.6 is 11.6 Å². The topological polar surface area (TPSA) is 70.5 Å². The highest BCUT2D eigenvalue weighted by Crippen LogP contribution is 2.29. The molecule has 0 atom stereocenters. The van der Waals surface area contributed by atoms with Crippen molar-refractivity contribution in [3.63, 3.8) is 0 Å². The molecule has 2 heterocycles. The van der Waals surface area contributed by atoms with E-state index in [0.717, 1.165) is 18.5 Å². The Kier molecular flexibility index (Phi) is 6.91. The van der Waals surface area contributed by atoms with Gasteiger partial charge in [0.25, 0.3) is 5.91 Å². The van der Waals surface area contributed by atoms with E-state index >= 15 is 0 Å². The summed E-state index contributed by atoms with van der Waals surface area (Å²) in [7, 11) is 1.79. The average molecular weight is 414 g/mol. The number of nitrogens with one attached hydrogen (secondary N) is 1. The first-order valence-electron chi connectivity index (χ1n) is 9.50. The summed E-state index contributed by atoms with van der Waals surface area (Å²) in [6.07, 6.45) is 7.69. The molecule has 1 fully saturated rings. The number of hydrogen-bond acceptors (Lipinski definition) is 4. The van der Waals surface area contributed by atoms with Crippen molar-refractivity contribution in [2.24, 2.45) is 7.05 Å². The van der Waals surface area contributed by atoms with Crippen molar-refractivity contribution in [2.45, 2.75) is 6.42 Å². The molecule has 0 saturated carbocycles. The molecule has 1 aliphatic rings. The number of rotatable bonds is 5. The first kappa shape index (κ1) is 20.9. The number of carbonyl (C=O) groups excluding carboxylic acids is 2. The van der Waals surface area contributed by atoms with Gasteiger partial charge < -0.3 is 10.2 Å². The molecule has 1 aromatic heterocycles. The number of aryl methyl sites for hydroxylation is 1. The summed E-state index contributed by atoms with van der Waals surface area (Å²) in [5.74, 6) is 2.21. The third-order valence-corrected chi connectivity index (χ3v) is 5.15. The summed E-state index contributed by atoms with van der Waals surface area (Å²) in [5, 5.41) is 7.70. The van der Waals surface area contributed by atoms with Gasteiger partial charge in [-0.2, -0.15) is 5.10 Å². The maximum absolute atomic E-state index is 13.3. The van der Waals surface area contributed by atoms with Crippen LogP contribution < -0.4 is 5.32 Å². The number of benzene rings is 1. The summed E-state index contributed by atoms with van der Waals surface area (Å²) in [6, 6.07) is 7.37. The van der Waals surface area contributed by atoms with Crippen molar-refractivity contribution in [3.05, 3.63) is 41.0 Å². The molecule has 1 aliphatic heterocycles. The van der Waals surface area contributed by atoms with Gasteiger partial charge in [-0.25, -0.2) is 0 Å². The molecule has 2 aromatic rings. The molecule has 1 N–H and O–H groups in total. The molecule has 152 valence electrons. The Morgan fingerprint density at radius 2 is 2.03 bits per heavy atom. The highest BCUT2D eigenvalue weighted by molar-refractivity contribution is 6.33. The van der Waals surface area contributed by atoms with Crippen LogP contribution in [-0.4, -0.2) is 70.7 Å². The third-order valence-electron chi connectivity index (χ3n) is 4.82. The summed E-state index contributed by atoms with van der Waals surface area (Å²) >= 11 is 6.33. The van der Waals surface area contributed by atoms with E-state index in [1.165, 1.54) is 0 Å². The normalized spacial score (nSPS) is 14.9. The second kappa shape index (κ2) is 9.59. The van der Waals surface area contributed by atoms with Gasteiger partial charge in [0.2, 0.25) is 5.91 Å². The van der Waals surface area contributed by atoms with Gasteiger partial charge in [0.1, 0.15) is 5.69 Å². The predicted molar refractivity (Wildman–Crippen MR) is 112 cm³/mol. The molecule has 0 unspecified atom stereocenters. The summed E-state index contributed by atoms with van der Waals surface area (Å²) in [4.78, 5) is 29.0. The number of halogens is 1. The second-order valence-electron chi connectivity index (χ2n) is 6.95. The predicted octanol–water partition coefficient (Wildman–Crippen LogP) is 1.64. The molecule has 0 bridgehead atoms. The number of hydrogen-bond donors (Lipinski definition) is 1. The Balaban J connectivity index is 1.71. The van der Waals surface area contributed by atoms with Crippen LogP contribution in [0.15, 0.2) is 30.5 Å². The molecule has 0 radical (unpaired) electrons. The maximum atomic E-state index is 13.3. The van der Waals surface area contributed by atoms with Crippen molar-refractivity contribution in [1.29, 1.82) is 0 Å². The molecular weight excluding hydrogens is 390 g/mol. The van der Waals surface area contributed by atoms with Gasteiger partial charge in [-0.15, -0.1) is 6.42 Å². The van der Waals surface area contributed by atoms with E-state index < -0.39 is 0 Å². The first-order chi connectivity index (χ1) is 14.0. The van der Waals surface area contributed by atoms with Crippen LogP contribution in [0.25, 0.3) is 11.3 Å². The average Bonchev–Trinajstić information content (AvgIpc) is 2.94. The number of terminal acetylenes is 1. The molecular formula is C21H24ClN5O2. The van der Waals surface area contributed by atoms with Crippen molar-refractivity contribution < 1.29 is 9.59 Å². The monoisotopic (exact) mass is 413 g/mol. The number of amides is 2. The fraction of sp³-hybridized carbons (Fsp3) is 0.381. The van der Waals surface area contributed by atoms with Crippen LogP contribution in [0.4, 0.5) is 0 Å². The van der Waals surface area contributed by atoms with Gasteiger partial charge in [0, 0.05) is 45.0 Å². The Hall–Kier alpha value is -2.82. The number of nitrogens with zero attached hydrogens (tertiary/aromatic N) is 4. The van der Waals surface area contributed by atoms with Crippen LogP contribution in [0.3, 0.4) is 0 Å². The van der Waals surface area contributed by atoms with Crippen molar-refractivity contribution in [1.82, 2.24) is 24.9 Å². The fourth-order valence-electron chi connectivity index (χ4n) is 3.41. The second-order valence-corrected chi connectivity index (χ2v) is 7.35. The standard InChI is InChI=1S/C21H24ClN5O2/c1-3-9-23-19(28)15-26-10-6-11-27(13-12-26)21(29)17-14-25(2)24-20(17)16-7-4-5-8-18(16)22/h1,4-5,7-8,14H,6,9-13,15H2,2H3,(H,23,28). The molecule has 7 nitrogen and oxygen atoms in total.